The van der Waals surface area contributed by atoms with Crippen molar-refractivity contribution in [2.45, 2.75) is 39.3 Å². The predicted octanol–water partition coefficient (Wildman–Crippen LogP) is 2.35. The van der Waals surface area contributed by atoms with Gasteiger partial charge in [-0.1, -0.05) is 6.92 Å². The predicted molar refractivity (Wildman–Crippen MR) is 78.8 cm³/mol. The summed E-state index contributed by atoms with van der Waals surface area (Å²) in [5, 5.41) is 8.30. The zero-order chi connectivity index (χ0) is 14.5. The average molecular weight is 275 g/mol. The van der Waals surface area contributed by atoms with Crippen LogP contribution < -0.4 is 10.1 Å². The number of hydrogen-bond acceptors (Lipinski definition) is 3. The molecule has 0 aliphatic carbocycles. The van der Waals surface area contributed by atoms with Gasteiger partial charge in [0.15, 0.2) is 0 Å². The Morgan fingerprint density at radius 1 is 1.50 bits per heavy atom. The van der Waals surface area contributed by atoms with E-state index in [1.54, 1.807) is 13.3 Å². The molecule has 1 heterocycles. The lowest BCUT2D eigenvalue weighted by molar-refractivity contribution is -0.121. The van der Waals surface area contributed by atoms with E-state index in [0.29, 0.717) is 13.0 Å². The maximum absolute atomic E-state index is 11.8. The molecule has 1 amide bonds. The summed E-state index contributed by atoms with van der Waals surface area (Å²) in [6.07, 6.45) is 3.17. The van der Waals surface area contributed by atoms with Gasteiger partial charge in [-0.15, -0.1) is 0 Å². The number of carbonyl (C=O) groups is 1. The van der Waals surface area contributed by atoms with Gasteiger partial charge in [-0.3, -0.25) is 9.48 Å². The molecular formula is C15H21N3O2. The zero-order valence-electron chi connectivity index (χ0n) is 12.2. The van der Waals surface area contributed by atoms with E-state index in [1.165, 1.54) is 0 Å². The molecular weight excluding hydrogens is 254 g/mol. The lowest BCUT2D eigenvalue weighted by atomic mass is 10.2. The van der Waals surface area contributed by atoms with Gasteiger partial charge in [0.25, 0.3) is 0 Å². The minimum absolute atomic E-state index is 0.0662. The van der Waals surface area contributed by atoms with E-state index < -0.39 is 0 Å². The second-order valence-electron chi connectivity index (χ2n) is 4.92. The van der Waals surface area contributed by atoms with Gasteiger partial charge >= 0.3 is 0 Å². The standard InChI is InChI=1S/C15H21N3O2/c1-4-11(2)17-15(19)7-8-18-14-6-5-13(20-3)9-12(14)10-16-18/h5-6,9-11H,4,7-8H2,1-3H3,(H,17,19). The van der Waals surface area contributed by atoms with Crippen LogP contribution in [0.1, 0.15) is 26.7 Å². The Bertz CT molecular complexity index is 592. The third-order valence-corrected chi connectivity index (χ3v) is 3.42. The molecule has 0 radical (unpaired) electrons. The highest BCUT2D eigenvalue weighted by Crippen LogP contribution is 2.20. The molecule has 0 fully saturated rings. The van der Waals surface area contributed by atoms with Crippen LogP contribution in [0.2, 0.25) is 0 Å². The van der Waals surface area contributed by atoms with E-state index >= 15 is 0 Å². The zero-order valence-corrected chi connectivity index (χ0v) is 12.2. The van der Waals surface area contributed by atoms with Crippen molar-refractivity contribution in [3.63, 3.8) is 0 Å². The Balaban J connectivity index is 2.01. The summed E-state index contributed by atoms with van der Waals surface area (Å²) >= 11 is 0. The van der Waals surface area contributed by atoms with E-state index in [9.17, 15) is 4.79 Å². The van der Waals surface area contributed by atoms with E-state index in [0.717, 1.165) is 23.1 Å². The molecule has 5 nitrogen and oxygen atoms in total. The highest BCUT2D eigenvalue weighted by molar-refractivity contribution is 5.80. The number of aromatic nitrogens is 2. The molecule has 2 aromatic rings. The van der Waals surface area contributed by atoms with E-state index in [1.807, 2.05) is 29.8 Å². The monoisotopic (exact) mass is 275 g/mol. The number of benzene rings is 1. The van der Waals surface area contributed by atoms with E-state index in [4.69, 9.17) is 4.74 Å². The number of hydrogen-bond donors (Lipinski definition) is 1. The fourth-order valence-electron chi connectivity index (χ4n) is 2.03. The van der Waals surface area contributed by atoms with Gasteiger partial charge in [0, 0.05) is 17.8 Å². The van der Waals surface area contributed by atoms with Gasteiger partial charge in [-0.25, -0.2) is 0 Å². The van der Waals surface area contributed by atoms with Crippen molar-refractivity contribution in [1.29, 1.82) is 0 Å². The van der Waals surface area contributed by atoms with Crippen LogP contribution in [-0.2, 0) is 11.3 Å². The number of aryl methyl sites for hydroxylation is 1. The number of rotatable bonds is 6. The molecule has 2 rings (SSSR count). The number of fused-ring (bicyclic) bond motifs is 1. The average Bonchev–Trinajstić information content (AvgIpc) is 2.87. The van der Waals surface area contributed by atoms with Crippen molar-refractivity contribution >= 4 is 16.8 Å². The van der Waals surface area contributed by atoms with Crippen molar-refractivity contribution in [3.05, 3.63) is 24.4 Å². The van der Waals surface area contributed by atoms with Crippen molar-refractivity contribution in [3.8, 4) is 5.75 Å². The van der Waals surface area contributed by atoms with Crippen LogP contribution in [0.5, 0.6) is 5.75 Å². The van der Waals surface area contributed by atoms with Crippen molar-refractivity contribution in [2.75, 3.05) is 7.11 Å². The molecule has 0 spiro atoms. The normalized spacial score (nSPS) is 12.3. The number of ether oxygens (including phenoxy) is 1. The molecule has 0 aliphatic rings. The molecule has 20 heavy (non-hydrogen) atoms. The van der Waals surface area contributed by atoms with Gasteiger partial charge < -0.3 is 10.1 Å². The summed E-state index contributed by atoms with van der Waals surface area (Å²) in [6, 6.07) is 6.03. The smallest absolute Gasteiger partial charge is 0.222 e. The number of amides is 1. The van der Waals surface area contributed by atoms with Gasteiger partial charge in [-0.05, 0) is 31.5 Å². The first-order valence-corrected chi connectivity index (χ1v) is 6.93. The summed E-state index contributed by atoms with van der Waals surface area (Å²) in [6.45, 7) is 4.64. The number of methoxy groups -OCH3 is 1. The topological polar surface area (TPSA) is 56.2 Å². The van der Waals surface area contributed by atoms with E-state index in [-0.39, 0.29) is 11.9 Å². The first kappa shape index (κ1) is 14.4. The highest BCUT2D eigenvalue weighted by atomic mass is 16.5. The first-order chi connectivity index (χ1) is 9.63. The van der Waals surface area contributed by atoms with Crippen LogP contribution in [-0.4, -0.2) is 28.8 Å². The summed E-state index contributed by atoms with van der Waals surface area (Å²) in [7, 11) is 1.64. The Morgan fingerprint density at radius 2 is 2.30 bits per heavy atom. The maximum atomic E-state index is 11.8. The van der Waals surface area contributed by atoms with Crippen LogP contribution in [0.4, 0.5) is 0 Å². The second-order valence-corrected chi connectivity index (χ2v) is 4.92. The molecule has 5 heteroatoms. The molecule has 108 valence electrons. The summed E-state index contributed by atoms with van der Waals surface area (Å²) in [5.41, 5.74) is 1.02. The van der Waals surface area contributed by atoms with Crippen molar-refractivity contribution in [1.82, 2.24) is 15.1 Å². The van der Waals surface area contributed by atoms with Gasteiger partial charge in [-0.2, -0.15) is 5.10 Å². The molecule has 0 saturated carbocycles. The van der Waals surface area contributed by atoms with Gasteiger partial charge in [0.2, 0.25) is 5.91 Å². The van der Waals surface area contributed by atoms with Gasteiger partial charge in [0.05, 0.1) is 25.4 Å². The third kappa shape index (κ3) is 3.29. The Morgan fingerprint density at radius 3 is 3.00 bits per heavy atom. The van der Waals surface area contributed by atoms with Gasteiger partial charge in [0.1, 0.15) is 5.75 Å². The summed E-state index contributed by atoms with van der Waals surface area (Å²) in [5.74, 6) is 0.878. The number of nitrogens with zero attached hydrogens (tertiary/aromatic N) is 2. The van der Waals surface area contributed by atoms with Crippen LogP contribution in [0, 0.1) is 0 Å². The highest BCUT2D eigenvalue weighted by Gasteiger charge is 2.08. The minimum Gasteiger partial charge on any atom is -0.497 e. The molecule has 1 N–H and O–H groups in total. The second kappa shape index (κ2) is 6.41. The SMILES string of the molecule is CCC(C)NC(=O)CCn1ncc2cc(OC)ccc21. The third-order valence-electron chi connectivity index (χ3n) is 3.42. The maximum Gasteiger partial charge on any atom is 0.222 e. The quantitative estimate of drug-likeness (QED) is 0.880. The molecule has 1 atom stereocenters. The largest absolute Gasteiger partial charge is 0.497 e. The number of carbonyl (C=O) groups excluding carboxylic acids is 1. The number of nitrogens with one attached hydrogen (secondary N) is 1. The Kier molecular flexibility index (Phi) is 4.61. The van der Waals surface area contributed by atoms with Crippen LogP contribution >= 0.6 is 0 Å². The summed E-state index contributed by atoms with van der Waals surface area (Å²) in [4.78, 5) is 11.8. The molecule has 1 unspecified atom stereocenters. The fraction of sp³-hybridized carbons (Fsp3) is 0.467. The van der Waals surface area contributed by atoms with Crippen molar-refractivity contribution < 1.29 is 9.53 Å². The van der Waals surface area contributed by atoms with Crippen LogP contribution in [0.15, 0.2) is 24.4 Å². The van der Waals surface area contributed by atoms with E-state index in [2.05, 4.69) is 17.3 Å². The van der Waals surface area contributed by atoms with Crippen LogP contribution in [0.25, 0.3) is 10.9 Å². The lowest BCUT2D eigenvalue weighted by Gasteiger charge is -2.11. The molecule has 0 aliphatic heterocycles. The lowest BCUT2D eigenvalue weighted by Crippen LogP contribution is -2.32. The first-order valence-electron chi connectivity index (χ1n) is 6.93. The fourth-order valence-corrected chi connectivity index (χ4v) is 2.03. The van der Waals surface area contributed by atoms with Crippen molar-refractivity contribution in [2.24, 2.45) is 0 Å². The Hall–Kier alpha value is -2.04. The molecule has 0 bridgehead atoms. The molecule has 1 aromatic carbocycles. The minimum atomic E-state index is 0.0662. The Labute approximate surface area is 118 Å². The molecule has 0 saturated heterocycles. The molecule has 1 aromatic heterocycles. The summed E-state index contributed by atoms with van der Waals surface area (Å²) < 4.78 is 7.04. The van der Waals surface area contributed by atoms with Crippen LogP contribution in [0.3, 0.4) is 0 Å².